The van der Waals surface area contributed by atoms with Gasteiger partial charge in [0.25, 0.3) is 5.88 Å². The molecule has 11 nitrogen and oxygen atoms in total. The Balaban J connectivity index is 1.36. The van der Waals surface area contributed by atoms with Crippen molar-refractivity contribution < 1.29 is 37.6 Å². The Morgan fingerprint density at radius 1 is 1.00 bits per heavy atom. The minimum absolute atomic E-state index is 0.0593. The second-order valence-electron chi connectivity index (χ2n) is 10.8. The molecule has 1 unspecified atom stereocenters. The second kappa shape index (κ2) is 14.1. The zero-order valence-electron chi connectivity index (χ0n) is 25.9. The number of nitriles is 1. The van der Waals surface area contributed by atoms with Crippen molar-refractivity contribution in [3.05, 3.63) is 108 Å². The van der Waals surface area contributed by atoms with Crippen molar-refractivity contribution in [2.24, 2.45) is 7.05 Å². The van der Waals surface area contributed by atoms with Gasteiger partial charge < -0.3 is 23.7 Å². The summed E-state index contributed by atoms with van der Waals surface area (Å²) >= 11 is 0. The first-order valence-corrected chi connectivity index (χ1v) is 14.9. The van der Waals surface area contributed by atoms with E-state index in [2.05, 4.69) is 9.97 Å². The lowest BCUT2D eigenvalue weighted by molar-refractivity contribution is -0.141. The molecule has 5 aromatic rings. The van der Waals surface area contributed by atoms with E-state index in [1.165, 1.54) is 30.2 Å². The molecule has 1 aliphatic heterocycles. The summed E-state index contributed by atoms with van der Waals surface area (Å²) in [4.78, 5) is 33.0. The standard InChI is InChI=1S/C35H29F2N5O6/c1-41-17-15-39-32(41)24-10-6-11-25(19-24)46-33-29(36)31(42-16-7-12-26(42)35(43)44-2)30(37)34(40-33)48-47-28-18-23(20-38)13-14-27(28)45-21-22-8-4-3-5-9-22/h3-6,8-11,13-15,17-19,26H,7,12,16,21H2,1-2H3. The number of hydrogen-bond donors (Lipinski definition) is 0. The van der Waals surface area contributed by atoms with Crippen molar-refractivity contribution in [3.63, 3.8) is 0 Å². The molecule has 13 heteroatoms. The summed E-state index contributed by atoms with van der Waals surface area (Å²) in [6.07, 6.45) is 4.19. The maximum atomic E-state index is 16.2. The molecule has 1 atom stereocenters. The number of pyridine rings is 1. The van der Waals surface area contributed by atoms with Gasteiger partial charge in [-0.3, -0.25) is 9.78 Å². The van der Waals surface area contributed by atoms with Crippen LogP contribution in [0.1, 0.15) is 24.0 Å². The molecular weight excluding hydrogens is 624 g/mol. The van der Waals surface area contributed by atoms with Crippen LogP contribution in [0.25, 0.3) is 11.4 Å². The van der Waals surface area contributed by atoms with Gasteiger partial charge in [0.2, 0.25) is 17.4 Å². The Hall–Kier alpha value is -6.16. The lowest BCUT2D eigenvalue weighted by Gasteiger charge is -2.26. The number of rotatable bonds is 11. The van der Waals surface area contributed by atoms with Crippen molar-refractivity contribution >= 4 is 11.7 Å². The van der Waals surface area contributed by atoms with Gasteiger partial charge in [0.05, 0.1) is 18.7 Å². The van der Waals surface area contributed by atoms with Crippen LogP contribution in [0.4, 0.5) is 14.5 Å². The average Bonchev–Trinajstić information content (AvgIpc) is 3.78. The summed E-state index contributed by atoms with van der Waals surface area (Å²) in [6, 6.07) is 21.4. The molecule has 1 fully saturated rings. The number of imidazole rings is 1. The lowest BCUT2D eigenvalue weighted by Crippen LogP contribution is -2.38. The quantitative estimate of drug-likeness (QED) is 0.0885. The maximum absolute atomic E-state index is 16.2. The SMILES string of the molecule is COC(=O)C1CCCN1c1c(F)c(OOc2cc(C#N)ccc2OCc2ccccc2)nc(Oc2cccc(-c3nccn3C)c2)c1F. The molecule has 0 radical (unpaired) electrons. The zero-order valence-corrected chi connectivity index (χ0v) is 25.9. The van der Waals surface area contributed by atoms with Crippen molar-refractivity contribution in [1.82, 2.24) is 14.5 Å². The Kier molecular flexibility index (Phi) is 9.33. The van der Waals surface area contributed by atoms with E-state index in [0.29, 0.717) is 24.2 Å². The predicted molar refractivity (Wildman–Crippen MR) is 168 cm³/mol. The molecule has 0 saturated carbocycles. The first-order chi connectivity index (χ1) is 23.4. The van der Waals surface area contributed by atoms with Crippen LogP contribution >= 0.6 is 0 Å². The van der Waals surface area contributed by atoms with Crippen LogP contribution in [0.3, 0.4) is 0 Å². The third kappa shape index (κ3) is 6.68. The maximum Gasteiger partial charge on any atom is 0.328 e. The minimum Gasteiger partial charge on any atom is -0.485 e. The van der Waals surface area contributed by atoms with Crippen molar-refractivity contribution in [3.8, 4) is 46.5 Å². The van der Waals surface area contributed by atoms with E-state index in [1.807, 2.05) is 43.4 Å². The number of methoxy groups -OCH3 is 1. The van der Waals surface area contributed by atoms with Crippen molar-refractivity contribution in [2.75, 3.05) is 18.6 Å². The van der Waals surface area contributed by atoms with Crippen LogP contribution in [0.2, 0.25) is 0 Å². The van der Waals surface area contributed by atoms with Gasteiger partial charge in [-0.15, -0.1) is 0 Å². The molecule has 244 valence electrons. The number of anilines is 1. The van der Waals surface area contributed by atoms with Crippen molar-refractivity contribution in [1.29, 1.82) is 5.26 Å². The average molecular weight is 654 g/mol. The fourth-order valence-corrected chi connectivity index (χ4v) is 5.32. The fraction of sp³-hybridized carbons (Fsp3) is 0.200. The summed E-state index contributed by atoms with van der Waals surface area (Å²) in [5.74, 6) is -3.52. The topological polar surface area (TPSA) is 121 Å². The van der Waals surface area contributed by atoms with Crippen molar-refractivity contribution in [2.45, 2.75) is 25.5 Å². The molecule has 3 heterocycles. The number of halogens is 2. The van der Waals surface area contributed by atoms with E-state index >= 15 is 8.78 Å². The number of carbonyl (C=O) groups excluding carboxylic acids is 1. The molecule has 1 aliphatic rings. The van der Waals surface area contributed by atoms with Gasteiger partial charge in [-0.1, -0.05) is 42.5 Å². The third-order valence-electron chi connectivity index (χ3n) is 7.66. The molecule has 0 amide bonds. The van der Waals surface area contributed by atoms with Crippen LogP contribution in [0.15, 0.2) is 85.2 Å². The summed E-state index contributed by atoms with van der Waals surface area (Å²) in [5.41, 5.74) is 1.15. The highest BCUT2D eigenvalue weighted by atomic mass is 19.1. The number of hydrogen-bond acceptors (Lipinski definition) is 10. The highest BCUT2D eigenvalue weighted by molar-refractivity contribution is 5.81. The number of aromatic nitrogens is 3. The Labute approximate surface area is 274 Å². The molecule has 0 bridgehead atoms. The summed E-state index contributed by atoms with van der Waals surface area (Å²) in [5, 5.41) is 9.47. The van der Waals surface area contributed by atoms with Crippen LogP contribution in [0, 0.1) is 23.0 Å². The van der Waals surface area contributed by atoms with Gasteiger partial charge in [-0.25, -0.2) is 9.78 Å². The molecule has 0 spiro atoms. The van der Waals surface area contributed by atoms with Gasteiger partial charge in [0, 0.05) is 37.6 Å². The molecule has 3 aromatic carbocycles. The number of aryl methyl sites for hydroxylation is 1. The molecule has 48 heavy (non-hydrogen) atoms. The fourth-order valence-electron chi connectivity index (χ4n) is 5.32. The van der Waals surface area contributed by atoms with Gasteiger partial charge in [0.1, 0.15) is 29.9 Å². The normalized spacial score (nSPS) is 13.9. The van der Waals surface area contributed by atoms with E-state index < -0.39 is 41.1 Å². The van der Waals surface area contributed by atoms with Crippen LogP contribution in [0.5, 0.6) is 29.0 Å². The van der Waals surface area contributed by atoms with Gasteiger partial charge in [0.15, 0.2) is 5.75 Å². The molecule has 1 saturated heterocycles. The summed E-state index contributed by atoms with van der Waals surface area (Å²) in [7, 11) is 3.03. The second-order valence-corrected chi connectivity index (χ2v) is 10.8. The number of benzene rings is 3. The zero-order chi connectivity index (χ0) is 33.6. The molecular formula is C35H29F2N5O6. The number of carbonyl (C=O) groups is 1. The van der Waals surface area contributed by atoms with Crippen LogP contribution in [-0.4, -0.2) is 40.2 Å². The predicted octanol–water partition coefficient (Wildman–Crippen LogP) is 6.52. The van der Waals surface area contributed by atoms with Gasteiger partial charge in [-0.2, -0.15) is 19.0 Å². The van der Waals surface area contributed by atoms with E-state index in [0.717, 1.165) is 5.56 Å². The molecule has 0 aliphatic carbocycles. The van der Waals surface area contributed by atoms with E-state index in [-0.39, 0.29) is 36.0 Å². The van der Waals surface area contributed by atoms with E-state index in [1.54, 1.807) is 41.2 Å². The largest absolute Gasteiger partial charge is 0.485 e. The molecule has 6 rings (SSSR count). The van der Waals surface area contributed by atoms with E-state index in [4.69, 9.17) is 24.0 Å². The summed E-state index contributed by atoms with van der Waals surface area (Å²) < 4.78 is 50.9. The van der Waals surface area contributed by atoms with Gasteiger partial charge >= 0.3 is 11.8 Å². The van der Waals surface area contributed by atoms with Crippen LogP contribution < -0.4 is 24.1 Å². The number of ether oxygens (including phenoxy) is 3. The van der Waals surface area contributed by atoms with Gasteiger partial charge in [-0.05, 0) is 42.7 Å². The molecule has 2 aromatic heterocycles. The first-order valence-electron chi connectivity index (χ1n) is 14.9. The Morgan fingerprint density at radius 2 is 1.81 bits per heavy atom. The number of nitrogens with zero attached hydrogens (tertiary/aromatic N) is 5. The van der Waals surface area contributed by atoms with Crippen LogP contribution in [-0.2, 0) is 23.2 Å². The summed E-state index contributed by atoms with van der Waals surface area (Å²) in [6.45, 7) is 0.309. The highest BCUT2D eigenvalue weighted by Gasteiger charge is 2.38. The highest BCUT2D eigenvalue weighted by Crippen LogP contribution is 2.40. The van der Waals surface area contributed by atoms with E-state index in [9.17, 15) is 10.1 Å². The Bertz CT molecular complexity index is 1980. The third-order valence-corrected chi connectivity index (χ3v) is 7.66. The monoisotopic (exact) mass is 653 g/mol. The smallest absolute Gasteiger partial charge is 0.328 e. The lowest BCUT2D eigenvalue weighted by atomic mass is 10.2. The minimum atomic E-state index is -1.24. The Morgan fingerprint density at radius 3 is 2.56 bits per heavy atom. The first kappa shape index (κ1) is 31.8. The molecule has 0 N–H and O–H groups in total. The number of esters is 1.